The summed E-state index contributed by atoms with van der Waals surface area (Å²) in [6, 6.07) is 0. The van der Waals surface area contributed by atoms with Crippen molar-refractivity contribution in [2.75, 3.05) is 39.6 Å². The normalized spacial score (nSPS) is 14.4. The van der Waals surface area contributed by atoms with E-state index < -0.39 is 97.5 Å². The Morgan fingerprint density at radius 1 is 0.340 bits per heavy atom. The Balaban J connectivity index is 5.25. The number of ether oxygens (including phenoxy) is 4. The van der Waals surface area contributed by atoms with Crippen LogP contribution < -0.4 is 0 Å². The second-order valence-corrected chi connectivity index (χ2v) is 29.5. The highest BCUT2D eigenvalue weighted by Crippen LogP contribution is 2.45. The zero-order chi connectivity index (χ0) is 69.1. The first-order valence-electron chi connectivity index (χ1n) is 38.5. The van der Waals surface area contributed by atoms with Gasteiger partial charge in [0.05, 0.1) is 26.4 Å². The summed E-state index contributed by atoms with van der Waals surface area (Å²) < 4.78 is 68.4. The molecular weight excluding hydrogens is 1230 g/mol. The van der Waals surface area contributed by atoms with Gasteiger partial charge < -0.3 is 33.8 Å². The molecule has 0 fully saturated rings. The molecule has 0 amide bonds. The maximum absolute atomic E-state index is 13.1. The van der Waals surface area contributed by atoms with Gasteiger partial charge in [-0.3, -0.25) is 37.3 Å². The molecule has 0 saturated carbocycles. The average molecular weight is 1380 g/mol. The fraction of sp³-hybridized carbons (Fsp3) is 0.893. The molecule has 0 bridgehead atoms. The Hall–Kier alpha value is -2.46. The van der Waals surface area contributed by atoms with Crippen molar-refractivity contribution in [2.24, 2.45) is 5.92 Å². The topological polar surface area (TPSA) is 237 Å². The monoisotopic (exact) mass is 1380 g/mol. The van der Waals surface area contributed by atoms with Crippen molar-refractivity contribution in [3.8, 4) is 0 Å². The van der Waals surface area contributed by atoms with Gasteiger partial charge in [0.25, 0.3) is 0 Å². The molecule has 0 saturated heterocycles. The van der Waals surface area contributed by atoms with Crippen LogP contribution in [0.15, 0.2) is 24.3 Å². The van der Waals surface area contributed by atoms with Gasteiger partial charge in [-0.2, -0.15) is 0 Å². The number of hydrogen-bond donors (Lipinski definition) is 3. The number of phosphoric ester groups is 2. The van der Waals surface area contributed by atoms with E-state index in [1.54, 1.807) is 0 Å². The van der Waals surface area contributed by atoms with Gasteiger partial charge in [-0.15, -0.1) is 0 Å². The van der Waals surface area contributed by atoms with Crippen LogP contribution in [0.5, 0.6) is 0 Å². The van der Waals surface area contributed by atoms with Crippen molar-refractivity contribution in [3.05, 3.63) is 24.3 Å². The number of allylic oxidation sites excluding steroid dienone is 4. The van der Waals surface area contributed by atoms with E-state index in [9.17, 15) is 43.2 Å². The summed E-state index contributed by atoms with van der Waals surface area (Å²) in [4.78, 5) is 72.7. The molecular formula is C75H142O17P2. The number of aliphatic hydroxyl groups is 1. The maximum atomic E-state index is 13.1. The molecule has 0 aliphatic rings. The van der Waals surface area contributed by atoms with Crippen LogP contribution in [-0.2, 0) is 65.4 Å². The SMILES string of the molecule is CCCCCC/C=C\C=C/CCCCCCCC(=O)OC[C@H](COP(=O)(O)OC[C@@H](O)COP(=O)(O)OC[C@@H](COC(=O)CCCCCCCCCCCC)OC(=O)CCCCCCCCC(C)CC)OC(=O)CCCCCCCCCCCCCCCCCCCCC. The number of rotatable bonds is 73. The van der Waals surface area contributed by atoms with E-state index in [1.165, 1.54) is 173 Å². The lowest BCUT2D eigenvalue weighted by molar-refractivity contribution is -0.161. The molecule has 19 heteroatoms. The predicted molar refractivity (Wildman–Crippen MR) is 381 cm³/mol. The van der Waals surface area contributed by atoms with Crippen LogP contribution in [0.4, 0.5) is 0 Å². The molecule has 0 aromatic heterocycles. The van der Waals surface area contributed by atoms with Crippen LogP contribution in [0.2, 0.25) is 0 Å². The van der Waals surface area contributed by atoms with E-state index in [1.807, 2.05) is 0 Å². The number of phosphoric acid groups is 2. The number of carbonyl (C=O) groups excluding carboxylic acids is 4. The third-order valence-corrected chi connectivity index (χ3v) is 19.2. The van der Waals surface area contributed by atoms with Gasteiger partial charge in [-0.25, -0.2) is 9.13 Å². The smallest absolute Gasteiger partial charge is 0.462 e. The first kappa shape index (κ1) is 91.5. The van der Waals surface area contributed by atoms with Crippen molar-refractivity contribution in [2.45, 2.75) is 387 Å². The van der Waals surface area contributed by atoms with Crippen molar-refractivity contribution in [1.29, 1.82) is 0 Å². The van der Waals surface area contributed by atoms with Gasteiger partial charge in [0, 0.05) is 25.7 Å². The standard InChI is InChI=1S/C75H142O17P2/c1-6-10-13-16-19-22-25-27-29-30-31-32-34-36-38-41-44-50-55-60-74(79)91-70(64-85-73(78)59-54-49-43-40-37-35-33-28-26-23-20-17-14-11-7-2)66-89-93(81,82)87-62-69(76)63-88-94(83,84)90-67-71(92-75(80)61-56-51-46-45-47-52-57-68(5)9-4)65-86-72(77)58-53-48-42-39-24-21-18-15-12-8-3/h23,26,28,33,68-71,76H,6-22,24-25,27,29-32,34-67H2,1-5H3,(H,81,82)(H,83,84)/b26-23-,33-28-/t68?,69-,70-,71-/m1/s1. The van der Waals surface area contributed by atoms with E-state index in [0.717, 1.165) is 115 Å². The number of carbonyl (C=O) groups is 4. The molecule has 0 rings (SSSR count). The van der Waals surface area contributed by atoms with Gasteiger partial charge in [0.1, 0.15) is 19.3 Å². The van der Waals surface area contributed by atoms with Crippen molar-refractivity contribution >= 4 is 39.5 Å². The second kappa shape index (κ2) is 67.7. The van der Waals surface area contributed by atoms with Crippen LogP contribution in [0.1, 0.15) is 369 Å². The summed E-state index contributed by atoms with van der Waals surface area (Å²) in [5.74, 6) is -1.43. The van der Waals surface area contributed by atoms with Gasteiger partial charge in [0.15, 0.2) is 12.2 Å². The summed E-state index contributed by atoms with van der Waals surface area (Å²) in [5.41, 5.74) is 0. The molecule has 554 valence electrons. The minimum absolute atomic E-state index is 0.101. The number of hydrogen-bond acceptors (Lipinski definition) is 15. The van der Waals surface area contributed by atoms with Crippen molar-refractivity contribution < 1.29 is 80.2 Å². The van der Waals surface area contributed by atoms with Gasteiger partial charge in [-0.05, 0) is 57.3 Å². The Morgan fingerprint density at radius 2 is 0.596 bits per heavy atom. The average Bonchev–Trinajstić information content (AvgIpc) is 1.28. The molecule has 6 atom stereocenters. The summed E-state index contributed by atoms with van der Waals surface area (Å²) in [7, 11) is -9.92. The Bertz CT molecular complexity index is 1900. The summed E-state index contributed by atoms with van der Waals surface area (Å²) >= 11 is 0. The number of aliphatic hydroxyl groups excluding tert-OH is 1. The summed E-state index contributed by atoms with van der Waals surface area (Å²) in [6.45, 7) is 7.16. The van der Waals surface area contributed by atoms with Gasteiger partial charge >= 0.3 is 39.5 Å². The highest BCUT2D eigenvalue weighted by Gasteiger charge is 2.30. The van der Waals surface area contributed by atoms with Gasteiger partial charge in [-0.1, -0.05) is 316 Å². The first-order valence-corrected chi connectivity index (χ1v) is 41.5. The third-order valence-electron chi connectivity index (χ3n) is 17.3. The van der Waals surface area contributed by atoms with Crippen molar-refractivity contribution in [1.82, 2.24) is 0 Å². The molecule has 3 N–H and O–H groups in total. The van der Waals surface area contributed by atoms with Crippen molar-refractivity contribution in [3.63, 3.8) is 0 Å². The van der Waals surface area contributed by atoms with E-state index in [0.29, 0.717) is 25.7 Å². The lowest BCUT2D eigenvalue weighted by atomic mass is 10.00. The number of esters is 4. The molecule has 17 nitrogen and oxygen atoms in total. The minimum Gasteiger partial charge on any atom is -0.462 e. The van der Waals surface area contributed by atoms with Crippen LogP contribution in [-0.4, -0.2) is 96.7 Å². The van der Waals surface area contributed by atoms with E-state index in [-0.39, 0.29) is 25.7 Å². The molecule has 0 radical (unpaired) electrons. The fourth-order valence-corrected chi connectivity index (χ4v) is 12.5. The Morgan fingerprint density at radius 3 is 0.904 bits per heavy atom. The molecule has 0 aliphatic heterocycles. The maximum Gasteiger partial charge on any atom is 0.472 e. The molecule has 3 unspecified atom stereocenters. The zero-order valence-electron chi connectivity index (χ0n) is 60.6. The molecule has 0 aromatic carbocycles. The van der Waals surface area contributed by atoms with E-state index in [4.69, 9.17) is 37.0 Å². The number of unbranched alkanes of at least 4 members (excludes halogenated alkanes) is 41. The summed E-state index contributed by atoms with van der Waals surface area (Å²) in [5, 5.41) is 10.6. The van der Waals surface area contributed by atoms with Crippen LogP contribution in [0.25, 0.3) is 0 Å². The highest BCUT2D eigenvalue weighted by molar-refractivity contribution is 7.47. The van der Waals surface area contributed by atoms with E-state index >= 15 is 0 Å². The second-order valence-electron chi connectivity index (χ2n) is 26.6. The Kier molecular flexibility index (Phi) is 65.9. The predicted octanol–water partition coefficient (Wildman–Crippen LogP) is 21.6. The molecule has 0 aliphatic carbocycles. The zero-order valence-corrected chi connectivity index (χ0v) is 62.4. The lowest BCUT2D eigenvalue weighted by Crippen LogP contribution is -2.30. The molecule has 0 aromatic rings. The largest absolute Gasteiger partial charge is 0.472 e. The van der Waals surface area contributed by atoms with E-state index in [2.05, 4.69) is 58.9 Å². The van der Waals surface area contributed by atoms with Crippen LogP contribution in [0.3, 0.4) is 0 Å². The summed E-state index contributed by atoms with van der Waals surface area (Å²) in [6.07, 6.45) is 59.2. The molecule has 0 heterocycles. The molecule has 94 heavy (non-hydrogen) atoms. The Labute approximate surface area is 573 Å². The molecule has 0 spiro atoms. The fourth-order valence-electron chi connectivity index (χ4n) is 11.0. The van der Waals surface area contributed by atoms with Crippen LogP contribution >= 0.6 is 15.6 Å². The quantitative estimate of drug-likeness (QED) is 0.0169. The first-order chi connectivity index (χ1) is 45.6. The lowest BCUT2D eigenvalue weighted by Gasteiger charge is -2.21. The minimum atomic E-state index is -4.96. The van der Waals surface area contributed by atoms with Crippen LogP contribution in [0, 0.1) is 5.92 Å². The van der Waals surface area contributed by atoms with Gasteiger partial charge in [0.2, 0.25) is 0 Å². The third kappa shape index (κ3) is 66.8. The highest BCUT2D eigenvalue weighted by atomic mass is 31.2.